The average Bonchev–Trinajstić information content (AvgIpc) is 3.23. The van der Waals surface area contributed by atoms with Crippen molar-refractivity contribution in [2.75, 3.05) is 50.0 Å². The van der Waals surface area contributed by atoms with Crippen molar-refractivity contribution in [3.63, 3.8) is 0 Å². The van der Waals surface area contributed by atoms with Crippen molar-refractivity contribution in [1.29, 1.82) is 0 Å². The van der Waals surface area contributed by atoms with Crippen LogP contribution in [0, 0.1) is 11.8 Å². The van der Waals surface area contributed by atoms with E-state index < -0.39 is 0 Å². The first-order valence-electron chi connectivity index (χ1n) is 19.2. The Hall–Kier alpha value is -5.72. The van der Waals surface area contributed by atoms with Crippen molar-refractivity contribution in [2.45, 2.75) is 60.9 Å². The Morgan fingerprint density at radius 1 is 0.649 bits per heavy atom. The number of piperidine rings is 2. The van der Waals surface area contributed by atoms with Gasteiger partial charge in [0.15, 0.2) is 0 Å². The maximum atomic E-state index is 12.8. The lowest BCUT2D eigenvalue weighted by Gasteiger charge is -2.31. The van der Waals surface area contributed by atoms with Crippen LogP contribution in [-0.2, 0) is 16.1 Å². The van der Waals surface area contributed by atoms with E-state index in [9.17, 15) is 9.59 Å². The van der Waals surface area contributed by atoms with Gasteiger partial charge in [-0.15, -0.1) is 0 Å². The van der Waals surface area contributed by atoms with E-state index in [2.05, 4.69) is 65.1 Å². The Labute approximate surface area is 337 Å². The van der Waals surface area contributed by atoms with E-state index in [4.69, 9.17) is 9.47 Å². The maximum Gasteiger partial charge on any atom is 0.228 e. The number of nitrogens with one attached hydrogen (secondary N) is 3. The molecular formula is C45H58N8O4. The predicted octanol–water partition coefficient (Wildman–Crippen LogP) is 8.15. The largest absolute Gasteiger partial charge is 0.493 e. The molecule has 0 radical (unpaired) electrons. The maximum absolute atomic E-state index is 12.8. The molecule has 0 aliphatic carbocycles. The number of benzene rings is 3. The van der Waals surface area contributed by atoms with E-state index >= 15 is 0 Å². The van der Waals surface area contributed by atoms with Crippen LogP contribution in [0.15, 0.2) is 104 Å². The number of likely N-dealkylation sites (tertiary alicyclic amines) is 1. The lowest BCUT2D eigenvalue weighted by molar-refractivity contribution is -0.121. The average molecular weight is 775 g/mol. The Bertz CT molecular complexity index is 1980. The number of ether oxygens (including phenoxy) is 2. The van der Waals surface area contributed by atoms with E-state index in [1.807, 2.05) is 68.4 Å². The highest BCUT2D eigenvalue weighted by atomic mass is 16.5. The summed E-state index contributed by atoms with van der Waals surface area (Å²) >= 11 is 0. The number of anilines is 2. The monoisotopic (exact) mass is 774 g/mol. The molecule has 12 heteroatoms. The first-order valence-corrected chi connectivity index (χ1v) is 19.2. The van der Waals surface area contributed by atoms with Gasteiger partial charge < -0.3 is 25.4 Å². The van der Waals surface area contributed by atoms with Gasteiger partial charge >= 0.3 is 0 Å². The molecule has 0 atom stereocenters. The summed E-state index contributed by atoms with van der Waals surface area (Å²) in [7, 11) is 0. The molecule has 57 heavy (non-hydrogen) atoms. The van der Waals surface area contributed by atoms with Crippen LogP contribution < -0.4 is 25.4 Å². The Morgan fingerprint density at radius 2 is 1.11 bits per heavy atom. The number of carbonyl (C=O) groups is 2. The first-order chi connectivity index (χ1) is 27.0. The minimum absolute atomic E-state index is 0. The van der Waals surface area contributed by atoms with Gasteiger partial charge in [-0.25, -0.2) is 19.9 Å². The third kappa shape index (κ3) is 12.6. The zero-order valence-electron chi connectivity index (χ0n) is 31.6. The molecule has 5 aromatic rings. The molecule has 0 bridgehead atoms. The zero-order chi connectivity index (χ0) is 38.2. The van der Waals surface area contributed by atoms with Gasteiger partial charge in [-0.2, -0.15) is 0 Å². The highest BCUT2D eigenvalue weighted by Gasteiger charge is 2.26. The van der Waals surface area contributed by atoms with Crippen LogP contribution in [0.5, 0.6) is 11.5 Å². The van der Waals surface area contributed by atoms with Crippen LogP contribution in [0.1, 0.15) is 59.9 Å². The molecule has 3 aromatic carbocycles. The van der Waals surface area contributed by atoms with E-state index in [1.54, 1.807) is 12.1 Å². The summed E-state index contributed by atoms with van der Waals surface area (Å²) in [4.78, 5) is 44.7. The molecule has 0 unspecified atom stereocenters. The number of hydrogen-bond acceptors (Lipinski definition) is 10. The molecule has 12 nitrogen and oxygen atoms in total. The molecule has 302 valence electrons. The molecular weight excluding hydrogens is 717 g/mol. The number of carbonyl (C=O) groups excluding carboxylic acids is 2. The van der Waals surface area contributed by atoms with Crippen molar-refractivity contribution < 1.29 is 19.1 Å². The number of nitrogens with zero attached hydrogens (tertiary/aromatic N) is 5. The van der Waals surface area contributed by atoms with E-state index in [0.29, 0.717) is 24.8 Å². The van der Waals surface area contributed by atoms with Gasteiger partial charge in [0.1, 0.15) is 35.8 Å². The standard InChI is InChI=1S/C25H28N4O2.C18H22N4O2.2CH4/c1-2-31-23-11-7-6-10-21(23)22-16-24(27-18-26-22)28-25(30)20-12-14-29(15-13-20)17-19-8-4-3-5-9-19;1-2-24-16-6-4-3-5-14(16)15-11-17(21-12-20-15)22-18(23)13-7-9-19-10-8-13;;/h3-11,16,18,20H,2,12-15,17H2,1H3,(H,26,27,28,30);3-6,11-13,19H,2,7-10H2,1H3,(H,20,21,22,23);2*1H4. The van der Waals surface area contributed by atoms with E-state index in [-0.39, 0.29) is 38.5 Å². The number of aromatic nitrogens is 4. The van der Waals surface area contributed by atoms with Gasteiger partial charge in [0.25, 0.3) is 0 Å². The Morgan fingerprint density at radius 3 is 1.60 bits per heavy atom. The zero-order valence-corrected chi connectivity index (χ0v) is 31.6. The molecule has 2 aromatic heterocycles. The van der Waals surface area contributed by atoms with Crippen LogP contribution in [0.2, 0.25) is 0 Å². The molecule has 2 aliphatic rings. The van der Waals surface area contributed by atoms with Crippen molar-refractivity contribution >= 4 is 23.5 Å². The summed E-state index contributed by atoms with van der Waals surface area (Å²) in [5.41, 5.74) is 4.54. The number of amides is 2. The van der Waals surface area contributed by atoms with Gasteiger partial charge in [0, 0.05) is 41.6 Å². The molecule has 4 heterocycles. The highest BCUT2D eigenvalue weighted by Crippen LogP contribution is 2.31. The molecule has 7 rings (SSSR count). The number of rotatable bonds is 12. The quantitative estimate of drug-likeness (QED) is 0.114. The van der Waals surface area contributed by atoms with Crippen LogP contribution in [0.25, 0.3) is 22.5 Å². The second-order valence-electron chi connectivity index (χ2n) is 13.5. The summed E-state index contributed by atoms with van der Waals surface area (Å²) in [5.74, 6) is 2.69. The smallest absolute Gasteiger partial charge is 0.228 e. The fourth-order valence-corrected chi connectivity index (χ4v) is 6.80. The molecule has 2 saturated heterocycles. The van der Waals surface area contributed by atoms with Gasteiger partial charge in [0.2, 0.25) is 11.8 Å². The normalized spacial score (nSPS) is 14.4. The number of para-hydroxylation sites is 2. The van der Waals surface area contributed by atoms with Crippen LogP contribution in [0.3, 0.4) is 0 Å². The van der Waals surface area contributed by atoms with Gasteiger partial charge in [-0.05, 0) is 95.5 Å². The minimum Gasteiger partial charge on any atom is -0.493 e. The van der Waals surface area contributed by atoms with Crippen LogP contribution >= 0.6 is 0 Å². The number of hydrogen-bond donors (Lipinski definition) is 3. The van der Waals surface area contributed by atoms with Crippen LogP contribution in [0.4, 0.5) is 11.6 Å². The third-order valence-electron chi connectivity index (χ3n) is 9.68. The summed E-state index contributed by atoms with van der Waals surface area (Å²) in [5, 5.41) is 9.17. The van der Waals surface area contributed by atoms with Gasteiger partial charge in [0.05, 0.1) is 24.6 Å². The molecule has 2 aliphatic heterocycles. The second-order valence-corrected chi connectivity index (χ2v) is 13.5. The predicted molar refractivity (Wildman–Crippen MR) is 228 cm³/mol. The molecule has 0 saturated carbocycles. The van der Waals surface area contributed by atoms with Gasteiger partial charge in [-0.1, -0.05) is 69.5 Å². The topological polar surface area (TPSA) is 143 Å². The first kappa shape index (κ1) is 44.0. The van der Waals surface area contributed by atoms with Crippen molar-refractivity contribution in [3.8, 4) is 34.0 Å². The second kappa shape index (κ2) is 22.7. The van der Waals surface area contributed by atoms with E-state index in [0.717, 1.165) is 92.4 Å². The summed E-state index contributed by atoms with van der Waals surface area (Å²) in [6.45, 7) is 9.60. The molecule has 2 fully saturated rings. The summed E-state index contributed by atoms with van der Waals surface area (Å²) in [6.07, 6.45) is 6.37. The Kier molecular flexibility index (Phi) is 17.6. The summed E-state index contributed by atoms with van der Waals surface area (Å²) in [6, 6.07) is 29.5. The third-order valence-corrected chi connectivity index (χ3v) is 9.68. The summed E-state index contributed by atoms with van der Waals surface area (Å²) < 4.78 is 11.4. The minimum atomic E-state index is 0. The molecule has 3 N–H and O–H groups in total. The van der Waals surface area contributed by atoms with Crippen LogP contribution in [-0.4, -0.2) is 76.0 Å². The molecule has 0 spiro atoms. The van der Waals surface area contributed by atoms with E-state index in [1.165, 1.54) is 18.2 Å². The fraction of sp³-hybridized carbons (Fsp3) is 0.378. The lowest BCUT2D eigenvalue weighted by atomic mass is 9.95. The Balaban J connectivity index is 0.000000251. The SMILES string of the molecule is C.C.CCOc1ccccc1-c1cc(NC(=O)C2CCN(Cc3ccccc3)CC2)ncn1.CCOc1ccccc1-c1cc(NC(=O)C2CCNCC2)ncn1. The van der Waals surface area contributed by atoms with Crippen molar-refractivity contribution in [1.82, 2.24) is 30.2 Å². The van der Waals surface area contributed by atoms with Gasteiger partial charge in [-0.3, -0.25) is 14.5 Å². The molecule has 2 amide bonds. The van der Waals surface area contributed by atoms with Crippen molar-refractivity contribution in [3.05, 3.63) is 109 Å². The highest BCUT2D eigenvalue weighted by molar-refractivity contribution is 5.93. The van der Waals surface area contributed by atoms with Crippen molar-refractivity contribution in [2.24, 2.45) is 11.8 Å². The fourth-order valence-electron chi connectivity index (χ4n) is 6.80. The lowest BCUT2D eigenvalue weighted by Crippen LogP contribution is -2.37.